The van der Waals surface area contributed by atoms with Crippen molar-refractivity contribution in [3.8, 4) is 0 Å². The highest BCUT2D eigenvalue weighted by Gasteiger charge is 2.17. The number of benzene rings is 2. The fraction of sp³-hybridized carbons (Fsp3) is 0.350. The summed E-state index contributed by atoms with van der Waals surface area (Å²) in [5.41, 5.74) is 2.20. The molecule has 0 radical (unpaired) electrons. The number of anilines is 2. The summed E-state index contributed by atoms with van der Waals surface area (Å²) in [5, 5.41) is 3.04. The Kier molecular flexibility index (Phi) is 6.36. The van der Waals surface area contributed by atoms with E-state index >= 15 is 0 Å². The number of carbonyl (C=O) groups excluding carboxylic acids is 1. The van der Waals surface area contributed by atoms with Crippen LogP contribution in [0.15, 0.2) is 59.5 Å². The highest BCUT2D eigenvalue weighted by atomic mass is 32.2. The first-order valence-electron chi connectivity index (χ1n) is 8.71. The Bertz CT molecular complexity index is 684. The minimum absolute atomic E-state index is 0.0898. The van der Waals surface area contributed by atoms with Gasteiger partial charge in [-0.1, -0.05) is 30.3 Å². The van der Waals surface area contributed by atoms with Crippen LogP contribution in [-0.2, 0) is 4.79 Å². The summed E-state index contributed by atoms with van der Waals surface area (Å²) in [5.74, 6) is 0.0898. The summed E-state index contributed by atoms with van der Waals surface area (Å²) in [6.45, 7) is 4.85. The lowest BCUT2D eigenvalue weighted by Gasteiger charge is -2.36. The Hall–Kier alpha value is -1.98. The molecule has 0 unspecified atom stereocenters. The van der Waals surface area contributed by atoms with Crippen molar-refractivity contribution in [1.82, 2.24) is 4.90 Å². The maximum absolute atomic E-state index is 12.3. The van der Waals surface area contributed by atoms with Gasteiger partial charge in [-0.05, 0) is 30.5 Å². The standard InChI is InChI=1S/C20H25N3OS/c1-25-19-10-6-5-9-18(19)21-20(24)11-12-22-13-15-23(16-14-22)17-7-3-2-4-8-17/h2-10H,11-16H2,1H3,(H,21,24). The number of nitrogens with one attached hydrogen (secondary N) is 1. The Morgan fingerprint density at radius 3 is 2.40 bits per heavy atom. The van der Waals surface area contributed by atoms with Crippen molar-refractivity contribution in [2.24, 2.45) is 0 Å². The zero-order valence-corrected chi connectivity index (χ0v) is 15.5. The van der Waals surface area contributed by atoms with E-state index in [1.807, 2.05) is 36.6 Å². The number of amides is 1. The minimum atomic E-state index is 0.0898. The quantitative estimate of drug-likeness (QED) is 0.804. The van der Waals surface area contributed by atoms with Crippen LogP contribution in [0.5, 0.6) is 0 Å². The normalized spacial score (nSPS) is 15.2. The molecule has 0 spiro atoms. The molecule has 132 valence electrons. The first-order valence-corrected chi connectivity index (χ1v) is 9.94. The monoisotopic (exact) mass is 355 g/mol. The zero-order chi connectivity index (χ0) is 17.5. The van der Waals surface area contributed by atoms with Gasteiger partial charge in [-0.3, -0.25) is 9.69 Å². The molecule has 0 aliphatic carbocycles. The van der Waals surface area contributed by atoms with Crippen molar-refractivity contribution in [2.45, 2.75) is 11.3 Å². The van der Waals surface area contributed by atoms with Crippen LogP contribution in [0.2, 0.25) is 0 Å². The molecule has 2 aromatic rings. The topological polar surface area (TPSA) is 35.6 Å². The number of rotatable bonds is 6. The molecule has 1 amide bonds. The average molecular weight is 356 g/mol. The lowest BCUT2D eigenvalue weighted by atomic mass is 10.2. The van der Waals surface area contributed by atoms with E-state index in [0.29, 0.717) is 6.42 Å². The van der Waals surface area contributed by atoms with E-state index < -0.39 is 0 Å². The van der Waals surface area contributed by atoms with Gasteiger partial charge in [-0.2, -0.15) is 0 Å². The zero-order valence-electron chi connectivity index (χ0n) is 14.6. The first-order chi connectivity index (χ1) is 12.3. The number of para-hydroxylation sites is 2. The second-order valence-corrected chi connectivity index (χ2v) is 7.01. The third-order valence-electron chi connectivity index (χ3n) is 4.53. The molecule has 25 heavy (non-hydrogen) atoms. The molecule has 1 fully saturated rings. The van der Waals surface area contributed by atoms with E-state index in [4.69, 9.17) is 0 Å². The Labute approximate surface area is 154 Å². The lowest BCUT2D eigenvalue weighted by Crippen LogP contribution is -2.47. The second kappa shape index (κ2) is 8.92. The van der Waals surface area contributed by atoms with Gasteiger partial charge in [-0.15, -0.1) is 11.8 Å². The lowest BCUT2D eigenvalue weighted by molar-refractivity contribution is -0.116. The SMILES string of the molecule is CSc1ccccc1NC(=O)CCN1CCN(c2ccccc2)CC1. The van der Waals surface area contributed by atoms with E-state index in [9.17, 15) is 4.79 Å². The smallest absolute Gasteiger partial charge is 0.225 e. The molecule has 0 saturated carbocycles. The molecule has 1 aliphatic heterocycles. The van der Waals surface area contributed by atoms with Crippen LogP contribution in [0.3, 0.4) is 0 Å². The Morgan fingerprint density at radius 2 is 1.68 bits per heavy atom. The van der Waals surface area contributed by atoms with E-state index in [-0.39, 0.29) is 5.91 Å². The largest absolute Gasteiger partial charge is 0.369 e. The molecule has 1 N–H and O–H groups in total. The predicted octanol–water partition coefficient (Wildman–Crippen LogP) is 3.56. The average Bonchev–Trinajstić information content (AvgIpc) is 2.68. The van der Waals surface area contributed by atoms with Gasteiger partial charge in [0.05, 0.1) is 5.69 Å². The Balaban J connectivity index is 1.43. The maximum atomic E-state index is 12.3. The van der Waals surface area contributed by atoms with Gasteiger partial charge in [0.15, 0.2) is 0 Å². The van der Waals surface area contributed by atoms with Crippen molar-refractivity contribution in [3.63, 3.8) is 0 Å². The van der Waals surface area contributed by atoms with Crippen molar-refractivity contribution >= 4 is 29.0 Å². The van der Waals surface area contributed by atoms with Gasteiger partial charge in [0.25, 0.3) is 0 Å². The molecular weight excluding hydrogens is 330 g/mol. The Morgan fingerprint density at radius 1 is 1.00 bits per heavy atom. The summed E-state index contributed by atoms with van der Waals surface area (Å²) in [4.78, 5) is 18.1. The number of carbonyl (C=O) groups is 1. The van der Waals surface area contributed by atoms with Crippen LogP contribution in [0.4, 0.5) is 11.4 Å². The van der Waals surface area contributed by atoms with E-state index in [1.54, 1.807) is 11.8 Å². The van der Waals surface area contributed by atoms with Crippen LogP contribution in [0.1, 0.15) is 6.42 Å². The molecule has 0 bridgehead atoms. The molecule has 2 aromatic carbocycles. The summed E-state index contributed by atoms with van der Waals surface area (Å²) >= 11 is 1.65. The van der Waals surface area contributed by atoms with E-state index in [0.717, 1.165) is 43.3 Å². The molecule has 1 saturated heterocycles. The second-order valence-electron chi connectivity index (χ2n) is 6.16. The molecule has 1 aliphatic rings. The van der Waals surface area contributed by atoms with Crippen LogP contribution < -0.4 is 10.2 Å². The molecule has 0 aromatic heterocycles. The molecular formula is C20H25N3OS. The highest BCUT2D eigenvalue weighted by molar-refractivity contribution is 7.98. The van der Waals surface area contributed by atoms with Gasteiger partial charge in [0, 0.05) is 49.7 Å². The number of hydrogen-bond acceptors (Lipinski definition) is 4. The molecule has 0 atom stereocenters. The molecule has 1 heterocycles. The third-order valence-corrected chi connectivity index (χ3v) is 5.33. The number of piperazine rings is 1. The van der Waals surface area contributed by atoms with Crippen LogP contribution in [-0.4, -0.2) is 49.8 Å². The molecule has 4 nitrogen and oxygen atoms in total. The van der Waals surface area contributed by atoms with Crippen molar-refractivity contribution < 1.29 is 4.79 Å². The number of hydrogen-bond donors (Lipinski definition) is 1. The van der Waals surface area contributed by atoms with Gasteiger partial charge in [-0.25, -0.2) is 0 Å². The van der Waals surface area contributed by atoms with E-state index in [1.165, 1.54) is 5.69 Å². The summed E-state index contributed by atoms with van der Waals surface area (Å²) in [6, 6.07) is 18.5. The maximum Gasteiger partial charge on any atom is 0.225 e. The minimum Gasteiger partial charge on any atom is -0.369 e. The van der Waals surface area contributed by atoms with Crippen LogP contribution in [0, 0.1) is 0 Å². The van der Waals surface area contributed by atoms with E-state index in [2.05, 4.69) is 39.4 Å². The molecule has 3 rings (SSSR count). The van der Waals surface area contributed by atoms with Crippen molar-refractivity contribution in [2.75, 3.05) is 49.2 Å². The predicted molar refractivity (Wildman–Crippen MR) is 107 cm³/mol. The summed E-state index contributed by atoms with van der Waals surface area (Å²) in [6.07, 6.45) is 2.56. The van der Waals surface area contributed by atoms with Crippen LogP contribution >= 0.6 is 11.8 Å². The molecule has 5 heteroatoms. The van der Waals surface area contributed by atoms with Gasteiger partial charge in [0.2, 0.25) is 5.91 Å². The number of nitrogens with zero attached hydrogens (tertiary/aromatic N) is 2. The third kappa shape index (κ3) is 5.00. The van der Waals surface area contributed by atoms with Crippen LogP contribution in [0.25, 0.3) is 0 Å². The van der Waals surface area contributed by atoms with Gasteiger partial charge >= 0.3 is 0 Å². The van der Waals surface area contributed by atoms with Crippen molar-refractivity contribution in [1.29, 1.82) is 0 Å². The van der Waals surface area contributed by atoms with Gasteiger partial charge < -0.3 is 10.2 Å². The van der Waals surface area contributed by atoms with Gasteiger partial charge in [0.1, 0.15) is 0 Å². The number of thioether (sulfide) groups is 1. The first kappa shape index (κ1) is 17.8. The summed E-state index contributed by atoms with van der Waals surface area (Å²) in [7, 11) is 0. The fourth-order valence-electron chi connectivity index (χ4n) is 3.09. The van der Waals surface area contributed by atoms with Crippen molar-refractivity contribution in [3.05, 3.63) is 54.6 Å². The highest BCUT2D eigenvalue weighted by Crippen LogP contribution is 2.24. The summed E-state index contributed by atoms with van der Waals surface area (Å²) < 4.78 is 0. The fourth-order valence-corrected chi connectivity index (χ4v) is 3.64.